The Morgan fingerprint density at radius 2 is 1.58 bits per heavy atom. The van der Waals surface area contributed by atoms with Crippen molar-refractivity contribution in [1.29, 1.82) is 0 Å². The van der Waals surface area contributed by atoms with Crippen molar-refractivity contribution in [2.45, 2.75) is 45.1 Å². The van der Waals surface area contributed by atoms with Crippen LogP contribution in [0.1, 0.15) is 39.5 Å². The molecule has 1 heterocycles. The fraction of sp³-hybridized carbons (Fsp3) is 0.296. The molecule has 0 radical (unpaired) electrons. The molecule has 3 aromatic carbocycles. The Kier molecular flexibility index (Phi) is 7.04. The molecule has 1 amide bonds. The molecular weight excluding hydrogens is 411 g/mol. The molecule has 0 aliphatic carbocycles. The third kappa shape index (κ3) is 4.76. The lowest BCUT2D eigenvalue weighted by Crippen LogP contribution is -2.47. The number of nitrogens with one attached hydrogen (secondary N) is 1. The highest BCUT2D eigenvalue weighted by atomic mass is 16.5. The predicted octanol–water partition coefficient (Wildman–Crippen LogP) is 5.54. The van der Waals surface area contributed by atoms with Crippen LogP contribution in [0.25, 0.3) is 0 Å². The first-order chi connectivity index (χ1) is 16.1. The van der Waals surface area contributed by atoms with Crippen LogP contribution < -0.4 is 20.3 Å². The molecule has 4 rings (SSSR count). The standard InChI is InChI=1S/C27H31BN2O3/c1-4-6-20-27(5-2)26(31)30(24-10-8-7-9-11-24)28(33-27)21-12-14-22(15-13-21)29-23-16-18-25(32-3)19-17-23/h7-19,29H,4-6,20H2,1-3H3. The lowest BCUT2D eigenvalue weighted by atomic mass is 9.71. The first-order valence-electron chi connectivity index (χ1n) is 11.7. The number of carbonyl (C=O) groups excluding carboxylic acids is 1. The van der Waals surface area contributed by atoms with E-state index in [1.165, 1.54) is 0 Å². The highest BCUT2D eigenvalue weighted by Crippen LogP contribution is 2.36. The van der Waals surface area contributed by atoms with Crippen molar-refractivity contribution >= 4 is 35.5 Å². The van der Waals surface area contributed by atoms with Crippen molar-refractivity contribution in [3.8, 4) is 5.75 Å². The van der Waals surface area contributed by atoms with E-state index in [0.29, 0.717) is 6.42 Å². The molecule has 3 aromatic rings. The predicted molar refractivity (Wildman–Crippen MR) is 136 cm³/mol. The molecule has 1 unspecified atom stereocenters. The number of nitrogens with zero attached hydrogens (tertiary/aromatic N) is 1. The van der Waals surface area contributed by atoms with Crippen LogP contribution in [-0.4, -0.2) is 25.7 Å². The summed E-state index contributed by atoms with van der Waals surface area (Å²) in [4.78, 5) is 15.5. The smallest absolute Gasteiger partial charge is 0.459 e. The molecule has 33 heavy (non-hydrogen) atoms. The Labute approximate surface area is 196 Å². The van der Waals surface area contributed by atoms with Gasteiger partial charge in [-0.2, -0.15) is 0 Å². The van der Waals surface area contributed by atoms with Crippen LogP contribution in [0.3, 0.4) is 0 Å². The van der Waals surface area contributed by atoms with Crippen molar-refractivity contribution in [1.82, 2.24) is 0 Å². The maximum atomic E-state index is 13.7. The molecule has 0 bridgehead atoms. The molecule has 1 aliphatic heterocycles. The van der Waals surface area contributed by atoms with Crippen LogP contribution >= 0.6 is 0 Å². The monoisotopic (exact) mass is 442 g/mol. The van der Waals surface area contributed by atoms with Crippen molar-refractivity contribution in [3.63, 3.8) is 0 Å². The average Bonchev–Trinajstić information content (AvgIpc) is 3.16. The molecule has 6 heteroatoms. The zero-order chi connectivity index (χ0) is 23.3. The SMILES string of the molecule is CCCCC1(CC)OB(c2ccc(Nc3ccc(OC)cc3)cc2)N(c2ccccc2)C1=O. The van der Waals surface area contributed by atoms with Crippen molar-refractivity contribution in [3.05, 3.63) is 78.9 Å². The van der Waals surface area contributed by atoms with Gasteiger partial charge in [-0.15, -0.1) is 0 Å². The second-order valence-electron chi connectivity index (χ2n) is 8.41. The number of hydrogen-bond acceptors (Lipinski definition) is 4. The van der Waals surface area contributed by atoms with E-state index in [4.69, 9.17) is 9.39 Å². The minimum Gasteiger partial charge on any atom is -0.497 e. The van der Waals surface area contributed by atoms with Crippen LogP contribution in [0.4, 0.5) is 17.1 Å². The Bertz CT molecular complexity index is 1060. The number of benzene rings is 3. The number of ether oxygens (including phenoxy) is 1. The van der Waals surface area contributed by atoms with Crippen LogP contribution in [0.2, 0.25) is 0 Å². The van der Waals surface area contributed by atoms with Gasteiger partial charge < -0.3 is 19.5 Å². The highest BCUT2D eigenvalue weighted by molar-refractivity contribution is 6.77. The molecule has 1 aliphatic rings. The van der Waals surface area contributed by atoms with Crippen molar-refractivity contribution < 1.29 is 14.2 Å². The molecule has 0 saturated carbocycles. The van der Waals surface area contributed by atoms with Gasteiger partial charge in [0.05, 0.1) is 7.11 Å². The van der Waals surface area contributed by atoms with Gasteiger partial charge in [0.2, 0.25) is 5.91 Å². The van der Waals surface area contributed by atoms with Gasteiger partial charge in [0.1, 0.15) is 11.4 Å². The maximum absolute atomic E-state index is 13.7. The Morgan fingerprint density at radius 1 is 0.939 bits per heavy atom. The number of unbranched alkanes of at least 4 members (excludes halogenated alkanes) is 1. The zero-order valence-electron chi connectivity index (χ0n) is 19.6. The van der Waals surface area contributed by atoms with Gasteiger partial charge in [0.15, 0.2) is 0 Å². The molecule has 1 N–H and O–H groups in total. The summed E-state index contributed by atoms with van der Waals surface area (Å²) in [5.41, 5.74) is 2.98. The second kappa shape index (κ2) is 10.1. The number of methoxy groups -OCH3 is 1. The van der Waals surface area contributed by atoms with Crippen molar-refractivity contribution in [2.75, 3.05) is 17.2 Å². The summed E-state index contributed by atoms with van der Waals surface area (Å²) in [6.07, 6.45) is 3.37. The molecule has 1 atom stereocenters. The van der Waals surface area contributed by atoms with E-state index in [1.54, 1.807) is 7.11 Å². The zero-order valence-corrected chi connectivity index (χ0v) is 19.6. The van der Waals surface area contributed by atoms with Gasteiger partial charge in [-0.3, -0.25) is 4.79 Å². The summed E-state index contributed by atoms with van der Waals surface area (Å²) in [6.45, 7) is 4.19. The molecule has 1 saturated heterocycles. The van der Waals surface area contributed by atoms with Gasteiger partial charge in [-0.05, 0) is 66.8 Å². The summed E-state index contributed by atoms with van der Waals surface area (Å²) in [5, 5.41) is 3.40. The lowest BCUT2D eigenvalue weighted by Gasteiger charge is -2.26. The summed E-state index contributed by atoms with van der Waals surface area (Å²) in [7, 11) is 1.21. The van der Waals surface area contributed by atoms with E-state index in [0.717, 1.165) is 47.5 Å². The Hall–Kier alpha value is -3.25. The number of amides is 1. The van der Waals surface area contributed by atoms with E-state index >= 15 is 0 Å². The number of para-hydroxylation sites is 1. The molecule has 1 fully saturated rings. The number of hydrogen-bond donors (Lipinski definition) is 1. The normalized spacial score (nSPS) is 18.0. The number of rotatable bonds is 9. The van der Waals surface area contributed by atoms with Gasteiger partial charge in [0, 0.05) is 17.1 Å². The van der Waals surface area contributed by atoms with Gasteiger partial charge in [-0.25, -0.2) is 0 Å². The van der Waals surface area contributed by atoms with Crippen LogP contribution in [0, 0.1) is 0 Å². The van der Waals surface area contributed by atoms with Crippen LogP contribution in [-0.2, 0) is 9.45 Å². The van der Waals surface area contributed by atoms with Gasteiger partial charge >= 0.3 is 7.05 Å². The molecule has 5 nitrogen and oxygen atoms in total. The summed E-state index contributed by atoms with van der Waals surface area (Å²) >= 11 is 0. The fourth-order valence-electron chi connectivity index (χ4n) is 4.31. The topological polar surface area (TPSA) is 50.8 Å². The van der Waals surface area contributed by atoms with E-state index < -0.39 is 12.7 Å². The molecule has 0 aromatic heterocycles. The van der Waals surface area contributed by atoms with Gasteiger partial charge in [0.25, 0.3) is 0 Å². The van der Waals surface area contributed by atoms with E-state index in [-0.39, 0.29) is 5.91 Å². The van der Waals surface area contributed by atoms with Crippen molar-refractivity contribution in [2.24, 2.45) is 0 Å². The summed E-state index contributed by atoms with van der Waals surface area (Å²) in [6, 6.07) is 25.7. The van der Waals surface area contributed by atoms with E-state index in [9.17, 15) is 4.79 Å². The maximum Gasteiger partial charge on any atom is 0.459 e. The van der Waals surface area contributed by atoms with E-state index in [2.05, 4.69) is 12.2 Å². The first-order valence-corrected chi connectivity index (χ1v) is 11.7. The average molecular weight is 442 g/mol. The Balaban J connectivity index is 1.61. The summed E-state index contributed by atoms with van der Waals surface area (Å²) < 4.78 is 11.8. The van der Waals surface area contributed by atoms with Crippen LogP contribution in [0.5, 0.6) is 5.75 Å². The minimum absolute atomic E-state index is 0.0510. The fourth-order valence-corrected chi connectivity index (χ4v) is 4.31. The first kappa shape index (κ1) is 22.9. The Morgan fingerprint density at radius 3 is 2.15 bits per heavy atom. The molecule has 170 valence electrons. The minimum atomic E-state index is -0.781. The van der Waals surface area contributed by atoms with Gasteiger partial charge in [-0.1, -0.05) is 57.0 Å². The van der Waals surface area contributed by atoms with Crippen LogP contribution in [0.15, 0.2) is 78.9 Å². The number of carbonyl (C=O) groups is 1. The second-order valence-corrected chi connectivity index (χ2v) is 8.41. The quantitative estimate of drug-likeness (QED) is 0.443. The third-order valence-electron chi connectivity index (χ3n) is 6.29. The highest BCUT2D eigenvalue weighted by Gasteiger charge is 2.54. The molecular formula is C27H31BN2O3. The lowest BCUT2D eigenvalue weighted by molar-refractivity contribution is -0.130. The van der Waals surface area contributed by atoms with E-state index in [1.807, 2.05) is 90.6 Å². The largest absolute Gasteiger partial charge is 0.497 e. The summed E-state index contributed by atoms with van der Waals surface area (Å²) in [5.74, 6) is 0.873. The third-order valence-corrected chi connectivity index (χ3v) is 6.29. The molecule has 0 spiro atoms. The number of anilines is 3.